The van der Waals surface area contributed by atoms with E-state index >= 15 is 0 Å². The minimum Gasteiger partial charge on any atom is -0.377 e. The van der Waals surface area contributed by atoms with Crippen molar-refractivity contribution >= 4 is 0 Å². The molecule has 0 amide bonds. The van der Waals surface area contributed by atoms with E-state index in [1.807, 2.05) is 0 Å². The first kappa shape index (κ1) is 16.0. The summed E-state index contributed by atoms with van der Waals surface area (Å²) in [4.78, 5) is 6.62. The van der Waals surface area contributed by atoms with Gasteiger partial charge in [-0.25, -0.2) is 13.8 Å². The molecular formula is C16H20F2N4O. The molecule has 0 saturated carbocycles. The molecule has 1 aliphatic heterocycles. The Morgan fingerprint density at radius 1 is 1.35 bits per heavy atom. The van der Waals surface area contributed by atoms with Crippen LogP contribution in [0.15, 0.2) is 18.2 Å². The largest absolute Gasteiger partial charge is 0.377 e. The number of ether oxygens (including phenoxy) is 1. The molecule has 124 valence electrons. The zero-order valence-corrected chi connectivity index (χ0v) is 13.1. The molecule has 2 heterocycles. The Labute approximate surface area is 133 Å². The van der Waals surface area contributed by atoms with Crippen molar-refractivity contribution in [3.63, 3.8) is 0 Å². The van der Waals surface area contributed by atoms with E-state index in [2.05, 4.69) is 20.1 Å². The second kappa shape index (κ2) is 7.14. The lowest BCUT2D eigenvalue weighted by Crippen LogP contribution is -2.33. The van der Waals surface area contributed by atoms with E-state index < -0.39 is 11.6 Å². The quantitative estimate of drug-likeness (QED) is 0.919. The van der Waals surface area contributed by atoms with Gasteiger partial charge in [0, 0.05) is 25.3 Å². The molecule has 0 spiro atoms. The van der Waals surface area contributed by atoms with Gasteiger partial charge in [0.05, 0.1) is 6.04 Å². The van der Waals surface area contributed by atoms with Crippen LogP contribution in [0.1, 0.15) is 42.5 Å². The summed E-state index contributed by atoms with van der Waals surface area (Å²) in [6.07, 6.45) is 3.06. The summed E-state index contributed by atoms with van der Waals surface area (Å²) < 4.78 is 32.0. The number of nitrogens with one attached hydrogen (secondary N) is 1. The lowest BCUT2D eigenvalue weighted by molar-refractivity contribution is 0.132. The van der Waals surface area contributed by atoms with E-state index in [9.17, 15) is 8.78 Å². The van der Waals surface area contributed by atoms with Crippen molar-refractivity contribution in [3.05, 3.63) is 47.0 Å². The highest BCUT2D eigenvalue weighted by molar-refractivity contribution is 5.19. The maximum atomic E-state index is 13.9. The van der Waals surface area contributed by atoms with Gasteiger partial charge in [-0.1, -0.05) is 12.5 Å². The molecule has 1 saturated heterocycles. The average molecular weight is 322 g/mol. The highest BCUT2D eigenvalue weighted by Gasteiger charge is 2.28. The van der Waals surface area contributed by atoms with Crippen LogP contribution in [-0.4, -0.2) is 33.7 Å². The smallest absolute Gasteiger partial charge is 0.167 e. The number of hydrogen-bond donors (Lipinski definition) is 1. The summed E-state index contributed by atoms with van der Waals surface area (Å²) in [6, 6.07) is 3.76. The van der Waals surface area contributed by atoms with Crippen LogP contribution in [0, 0.1) is 11.6 Å². The third-order valence-electron chi connectivity index (χ3n) is 4.13. The molecule has 3 rings (SSSR count). The van der Waals surface area contributed by atoms with Crippen molar-refractivity contribution in [3.8, 4) is 0 Å². The van der Waals surface area contributed by atoms with E-state index in [0.29, 0.717) is 30.4 Å². The third kappa shape index (κ3) is 3.73. The molecule has 0 unspecified atom stereocenters. The number of benzene rings is 1. The van der Waals surface area contributed by atoms with Crippen molar-refractivity contribution in [2.75, 3.05) is 13.7 Å². The molecule has 23 heavy (non-hydrogen) atoms. The average Bonchev–Trinajstić information content (AvgIpc) is 2.99. The minimum absolute atomic E-state index is 0.0371. The molecule has 1 atom stereocenters. The molecule has 1 aromatic carbocycles. The van der Waals surface area contributed by atoms with Gasteiger partial charge >= 0.3 is 0 Å². The van der Waals surface area contributed by atoms with Crippen molar-refractivity contribution < 1.29 is 13.5 Å². The number of aromatic nitrogens is 3. The molecule has 1 fully saturated rings. The van der Waals surface area contributed by atoms with Gasteiger partial charge < -0.3 is 4.74 Å². The normalized spacial score (nSPS) is 19.2. The topological polar surface area (TPSA) is 54.0 Å². The number of rotatable bonds is 5. The monoisotopic (exact) mass is 322 g/mol. The van der Waals surface area contributed by atoms with Gasteiger partial charge in [0.25, 0.3) is 0 Å². The number of aromatic amines is 1. The fourth-order valence-corrected chi connectivity index (χ4v) is 3.00. The molecule has 0 bridgehead atoms. The van der Waals surface area contributed by atoms with Crippen LogP contribution in [0.25, 0.3) is 0 Å². The lowest BCUT2D eigenvalue weighted by atomic mass is 10.0. The number of H-pyrrole nitrogens is 1. The maximum absolute atomic E-state index is 13.9. The fraction of sp³-hybridized carbons (Fsp3) is 0.500. The maximum Gasteiger partial charge on any atom is 0.167 e. The number of piperidine rings is 1. The van der Waals surface area contributed by atoms with Crippen LogP contribution in [0.3, 0.4) is 0 Å². The Morgan fingerprint density at radius 2 is 2.22 bits per heavy atom. The van der Waals surface area contributed by atoms with Crippen molar-refractivity contribution in [2.24, 2.45) is 0 Å². The zero-order chi connectivity index (χ0) is 16.2. The SMILES string of the molecule is COCc1nc([C@@H]2CCCCN2Cc2ccc(F)cc2F)n[nH]1. The van der Waals surface area contributed by atoms with Gasteiger partial charge in [-0.05, 0) is 25.5 Å². The van der Waals surface area contributed by atoms with Crippen LogP contribution >= 0.6 is 0 Å². The summed E-state index contributed by atoms with van der Waals surface area (Å²) >= 11 is 0. The minimum atomic E-state index is -0.556. The van der Waals surface area contributed by atoms with E-state index in [-0.39, 0.29) is 6.04 Å². The molecule has 1 aliphatic rings. The van der Waals surface area contributed by atoms with E-state index in [4.69, 9.17) is 4.74 Å². The second-order valence-corrected chi connectivity index (χ2v) is 5.79. The van der Waals surface area contributed by atoms with Crippen LogP contribution in [0.5, 0.6) is 0 Å². The zero-order valence-electron chi connectivity index (χ0n) is 13.1. The lowest BCUT2D eigenvalue weighted by Gasteiger charge is -2.34. The summed E-state index contributed by atoms with van der Waals surface area (Å²) in [7, 11) is 1.60. The van der Waals surface area contributed by atoms with E-state index in [1.54, 1.807) is 7.11 Å². The van der Waals surface area contributed by atoms with Gasteiger partial charge in [0.2, 0.25) is 0 Å². The van der Waals surface area contributed by atoms with Crippen molar-refractivity contribution in [2.45, 2.75) is 38.5 Å². The summed E-state index contributed by atoms with van der Waals surface area (Å²) in [5, 5.41) is 7.15. The van der Waals surface area contributed by atoms with Gasteiger partial charge in [-0.15, -0.1) is 0 Å². The first-order chi connectivity index (χ1) is 11.2. The molecule has 7 heteroatoms. The van der Waals surface area contributed by atoms with Crippen molar-refractivity contribution in [1.82, 2.24) is 20.1 Å². The van der Waals surface area contributed by atoms with Gasteiger partial charge in [0.1, 0.15) is 18.2 Å². The first-order valence-electron chi connectivity index (χ1n) is 7.75. The molecule has 5 nitrogen and oxygen atoms in total. The van der Waals surface area contributed by atoms with E-state index in [0.717, 1.165) is 31.9 Å². The molecule has 1 aromatic heterocycles. The molecule has 2 aromatic rings. The van der Waals surface area contributed by atoms with Crippen LogP contribution < -0.4 is 0 Å². The van der Waals surface area contributed by atoms with E-state index in [1.165, 1.54) is 12.1 Å². The number of nitrogens with zero attached hydrogens (tertiary/aromatic N) is 3. The Bertz CT molecular complexity index is 661. The number of methoxy groups -OCH3 is 1. The Morgan fingerprint density at radius 3 is 3.00 bits per heavy atom. The summed E-state index contributed by atoms with van der Waals surface area (Å²) in [5.41, 5.74) is 0.492. The van der Waals surface area contributed by atoms with Crippen LogP contribution in [-0.2, 0) is 17.9 Å². The van der Waals surface area contributed by atoms with Crippen LogP contribution in [0.2, 0.25) is 0 Å². The summed E-state index contributed by atoms with van der Waals surface area (Å²) in [5.74, 6) is 0.323. The first-order valence-corrected chi connectivity index (χ1v) is 7.75. The molecular weight excluding hydrogens is 302 g/mol. The number of hydrogen-bond acceptors (Lipinski definition) is 4. The third-order valence-corrected chi connectivity index (χ3v) is 4.13. The Balaban J connectivity index is 1.77. The predicted molar refractivity (Wildman–Crippen MR) is 80.5 cm³/mol. The van der Waals surface area contributed by atoms with Crippen molar-refractivity contribution in [1.29, 1.82) is 0 Å². The summed E-state index contributed by atoms with van der Waals surface area (Å²) in [6.45, 7) is 1.65. The second-order valence-electron chi connectivity index (χ2n) is 5.79. The van der Waals surface area contributed by atoms with Crippen LogP contribution in [0.4, 0.5) is 8.78 Å². The van der Waals surface area contributed by atoms with Gasteiger partial charge in [0.15, 0.2) is 11.6 Å². The molecule has 0 aliphatic carbocycles. The standard InChI is InChI=1S/C16H20F2N4O/c1-23-10-15-19-16(21-20-15)14-4-2-3-7-22(14)9-11-5-6-12(17)8-13(11)18/h5-6,8,14H,2-4,7,9-10H2,1H3,(H,19,20,21)/t14-/m0/s1. The van der Waals surface area contributed by atoms with Gasteiger partial charge in [-0.2, -0.15) is 5.10 Å². The molecule has 0 radical (unpaired) electrons. The fourth-order valence-electron chi connectivity index (χ4n) is 3.00. The number of halogens is 2. The predicted octanol–water partition coefficient (Wildman–Crippen LogP) is 2.96. The number of likely N-dealkylation sites (tertiary alicyclic amines) is 1. The highest BCUT2D eigenvalue weighted by Crippen LogP contribution is 2.30. The Kier molecular flexibility index (Phi) is 4.97. The van der Waals surface area contributed by atoms with Gasteiger partial charge in [-0.3, -0.25) is 10.00 Å². The molecule has 1 N–H and O–H groups in total. The Hall–Kier alpha value is -1.86. The highest BCUT2D eigenvalue weighted by atomic mass is 19.1.